The van der Waals surface area contributed by atoms with Gasteiger partial charge >= 0.3 is 0 Å². The monoisotopic (exact) mass is 800 g/mol. The summed E-state index contributed by atoms with van der Waals surface area (Å²) in [6.07, 6.45) is 0. The summed E-state index contributed by atoms with van der Waals surface area (Å²) < 4.78 is 125. The second-order valence-electron chi connectivity index (χ2n) is 11.7. The van der Waals surface area contributed by atoms with Crippen LogP contribution in [0.2, 0.25) is 10.0 Å². The fraction of sp³-hybridized carbons (Fsp3) is 0. The smallest absolute Gasteiger partial charge is 0.185 e. The summed E-state index contributed by atoms with van der Waals surface area (Å²) in [6, 6.07) is 21.6. The standard InChI is InChI=1S/C19H9ClF5N3.C19H10ClF4N3/c20-13-9(8-4-2-1-3-5-8)6-10-17(16(13)25)27-28-19(10)26-18-14(23)11(21)7-12(22)15(18)24;20-15-11(9-4-2-1-3-5-9)8-12-17(16(15)24)26-27-19(12)25-18-13(22)6-10(21)7-14(18)23/h1-7H,(H2,26,27,28);1-8H,(H2,25,26,27). The predicted octanol–water partition coefficient (Wildman–Crippen LogP) is 12.5. The number of halogens is 11. The van der Waals surface area contributed by atoms with E-state index in [1.807, 2.05) is 0 Å². The molecule has 6 nitrogen and oxygen atoms in total. The van der Waals surface area contributed by atoms with Gasteiger partial charge in [0.25, 0.3) is 0 Å². The third-order valence-corrected chi connectivity index (χ3v) is 9.00. The van der Waals surface area contributed by atoms with Crippen LogP contribution in [0, 0.1) is 52.4 Å². The molecule has 0 spiro atoms. The van der Waals surface area contributed by atoms with Gasteiger partial charge in [0.05, 0.1) is 10.0 Å². The molecular weight excluding hydrogens is 782 g/mol. The molecule has 0 atom stereocenters. The van der Waals surface area contributed by atoms with Gasteiger partial charge in [-0.15, -0.1) is 0 Å². The Bertz CT molecular complexity index is 2690. The number of hydrogen-bond acceptors (Lipinski definition) is 4. The van der Waals surface area contributed by atoms with Gasteiger partial charge in [-0.3, -0.25) is 10.2 Å². The number of aromatic amines is 2. The van der Waals surface area contributed by atoms with Gasteiger partial charge in [-0.1, -0.05) is 83.9 Å². The molecule has 0 aliphatic rings. The van der Waals surface area contributed by atoms with Gasteiger partial charge in [0.1, 0.15) is 28.2 Å². The lowest BCUT2D eigenvalue weighted by molar-refractivity contribution is 0.459. The molecular formula is C38H19Cl2F9N6. The maximum Gasteiger partial charge on any atom is 0.185 e. The number of fused-ring (bicyclic) bond motifs is 2. The van der Waals surface area contributed by atoms with Crippen LogP contribution in [0.3, 0.4) is 0 Å². The number of benzene rings is 6. The van der Waals surface area contributed by atoms with Gasteiger partial charge in [0.2, 0.25) is 0 Å². The second-order valence-corrected chi connectivity index (χ2v) is 12.4. The van der Waals surface area contributed by atoms with E-state index in [0.29, 0.717) is 34.4 Å². The Morgan fingerprint density at radius 3 is 1.27 bits per heavy atom. The molecule has 2 heterocycles. The molecule has 8 aromatic rings. The van der Waals surface area contributed by atoms with E-state index in [1.165, 1.54) is 6.07 Å². The zero-order valence-electron chi connectivity index (χ0n) is 27.2. The molecule has 0 fully saturated rings. The van der Waals surface area contributed by atoms with Crippen molar-refractivity contribution in [1.82, 2.24) is 20.4 Å². The lowest BCUT2D eigenvalue weighted by Crippen LogP contribution is -2.03. The molecule has 55 heavy (non-hydrogen) atoms. The van der Waals surface area contributed by atoms with E-state index in [1.54, 1.807) is 66.7 Å². The Labute approximate surface area is 313 Å². The molecule has 8 rings (SSSR count). The van der Waals surface area contributed by atoms with E-state index in [-0.39, 0.29) is 49.6 Å². The SMILES string of the molecule is Fc1cc(F)c(F)c(Nc2n[nH]c3c(F)c(Cl)c(-c4ccccc4)cc23)c1F.Fc1cc(F)c(Nc2n[nH]c3c(F)c(Cl)c(-c4ccccc4)cc23)c(F)c1. The summed E-state index contributed by atoms with van der Waals surface area (Å²) >= 11 is 12.2. The van der Waals surface area contributed by atoms with Crippen LogP contribution in [0.1, 0.15) is 0 Å². The Kier molecular flexibility index (Phi) is 10.1. The van der Waals surface area contributed by atoms with E-state index < -0.39 is 63.7 Å². The number of hydrogen-bond donors (Lipinski definition) is 4. The molecule has 0 amide bonds. The lowest BCUT2D eigenvalue weighted by Gasteiger charge is -2.10. The predicted molar refractivity (Wildman–Crippen MR) is 192 cm³/mol. The molecule has 0 aliphatic heterocycles. The zero-order chi connectivity index (χ0) is 39.1. The van der Waals surface area contributed by atoms with Crippen molar-refractivity contribution < 1.29 is 39.5 Å². The van der Waals surface area contributed by atoms with Crippen molar-refractivity contribution in [3.8, 4) is 22.3 Å². The van der Waals surface area contributed by atoms with E-state index >= 15 is 0 Å². The highest BCUT2D eigenvalue weighted by molar-refractivity contribution is 6.35. The van der Waals surface area contributed by atoms with Crippen LogP contribution >= 0.6 is 23.2 Å². The third kappa shape index (κ3) is 6.99. The molecule has 17 heteroatoms. The maximum absolute atomic E-state index is 14.7. The van der Waals surface area contributed by atoms with E-state index in [0.717, 1.165) is 0 Å². The van der Waals surface area contributed by atoms with Gasteiger partial charge in [-0.25, -0.2) is 39.5 Å². The Morgan fingerprint density at radius 1 is 0.455 bits per heavy atom. The minimum atomic E-state index is -1.63. The molecule has 0 saturated heterocycles. The van der Waals surface area contributed by atoms with Gasteiger partial charge in [0.15, 0.2) is 58.2 Å². The van der Waals surface area contributed by atoms with Gasteiger partial charge in [-0.2, -0.15) is 10.2 Å². The molecule has 4 N–H and O–H groups in total. The van der Waals surface area contributed by atoms with Crippen molar-refractivity contribution in [1.29, 1.82) is 0 Å². The van der Waals surface area contributed by atoms with Crippen LogP contribution in [0.15, 0.2) is 91.0 Å². The summed E-state index contributed by atoms with van der Waals surface area (Å²) in [5.74, 6) is -11.6. The van der Waals surface area contributed by atoms with Crippen molar-refractivity contribution in [2.24, 2.45) is 0 Å². The van der Waals surface area contributed by atoms with Crippen molar-refractivity contribution in [3.63, 3.8) is 0 Å². The molecule has 0 radical (unpaired) electrons. The average Bonchev–Trinajstić information content (AvgIpc) is 3.78. The van der Waals surface area contributed by atoms with Gasteiger partial charge in [-0.05, 0) is 23.3 Å². The first-order valence-electron chi connectivity index (χ1n) is 15.7. The Hall–Kier alpha value is -6.19. The summed E-state index contributed by atoms with van der Waals surface area (Å²) in [5, 5.41) is 17.1. The number of nitrogens with one attached hydrogen (secondary N) is 4. The minimum absolute atomic E-state index is 0.0230. The normalized spacial score (nSPS) is 11.2. The summed E-state index contributed by atoms with van der Waals surface area (Å²) in [5.41, 5.74) is 0.123. The maximum atomic E-state index is 14.7. The van der Waals surface area contributed by atoms with Gasteiger partial charge < -0.3 is 10.6 Å². The lowest BCUT2D eigenvalue weighted by atomic mass is 10.0. The van der Waals surface area contributed by atoms with Crippen molar-refractivity contribution in [3.05, 3.63) is 153 Å². The van der Waals surface area contributed by atoms with E-state index in [2.05, 4.69) is 31.0 Å². The first-order valence-corrected chi connectivity index (χ1v) is 16.4. The molecule has 0 saturated carbocycles. The molecule has 0 bridgehead atoms. The highest BCUT2D eigenvalue weighted by atomic mass is 35.5. The number of anilines is 4. The van der Waals surface area contributed by atoms with Crippen LogP contribution in [0.5, 0.6) is 0 Å². The molecule has 0 unspecified atom stereocenters. The van der Waals surface area contributed by atoms with Crippen LogP contribution in [-0.2, 0) is 0 Å². The highest BCUT2D eigenvalue weighted by Crippen LogP contribution is 2.40. The van der Waals surface area contributed by atoms with Crippen molar-refractivity contribution >= 4 is 68.0 Å². The number of aromatic nitrogens is 4. The second kappa shape index (κ2) is 14.9. The average molecular weight is 802 g/mol. The first-order chi connectivity index (χ1) is 26.3. The fourth-order valence-electron chi connectivity index (χ4n) is 5.62. The molecule has 0 aliphatic carbocycles. The van der Waals surface area contributed by atoms with Crippen LogP contribution in [0.4, 0.5) is 62.5 Å². The van der Waals surface area contributed by atoms with E-state index in [4.69, 9.17) is 23.2 Å². The van der Waals surface area contributed by atoms with E-state index in [9.17, 15) is 39.5 Å². The Balaban J connectivity index is 0.000000169. The topological polar surface area (TPSA) is 81.4 Å². The quantitative estimate of drug-likeness (QED) is 0.0997. The fourth-order valence-corrected chi connectivity index (χ4v) is 6.13. The number of nitrogens with zero attached hydrogens (tertiary/aromatic N) is 2. The highest BCUT2D eigenvalue weighted by Gasteiger charge is 2.24. The summed E-state index contributed by atoms with van der Waals surface area (Å²) in [6.45, 7) is 0. The minimum Gasteiger partial charge on any atom is -0.333 e. The summed E-state index contributed by atoms with van der Waals surface area (Å²) in [4.78, 5) is 0. The largest absolute Gasteiger partial charge is 0.333 e. The number of rotatable bonds is 6. The van der Waals surface area contributed by atoms with Crippen molar-refractivity contribution in [2.75, 3.05) is 10.6 Å². The molecule has 278 valence electrons. The van der Waals surface area contributed by atoms with Crippen molar-refractivity contribution in [2.45, 2.75) is 0 Å². The summed E-state index contributed by atoms with van der Waals surface area (Å²) in [7, 11) is 0. The third-order valence-electron chi connectivity index (χ3n) is 8.26. The first kappa shape index (κ1) is 37.1. The zero-order valence-corrected chi connectivity index (χ0v) is 28.7. The number of H-pyrrole nitrogens is 2. The Morgan fingerprint density at radius 2 is 0.855 bits per heavy atom. The van der Waals surface area contributed by atoms with Crippen LogP contribution in [-0.4, -0.2) is 20.4 Å². The molecule has 6 aromatic carbocycles. The van der Waals surface area contributed by atoms with Crippen LogP contribution < -0.4 is 10.6 Å². The van der Waals surface area contributed by atoms with Gasteiger partial charge in [0, 0.05) is 40.1 Å². The molecule has 2 aromatic heterocycles. The van der Waals surface area contributed by atoms with Crippen LogP contribution in [0.25, 0.3) is 44.1 Å².